The lowest BCUT2D eigenvalue weighted by Crippen LogP contribution is -2.53. The Bertz CT molecular complexity index is 1390. The minimum Gasteiger partial charge on any atom is -0.336 e. The molecule has 2 aliphatic rings. The van der Waals surface area contributed by atoms with Crippen LogP contribution in [0.4, 0.5) is 4.79 Å². The Morgan fingerprint density at radius 3 is 2.38 bits per heavy atom. The Hall–Kier alpha value is -2.84. The van der Waals surface area contributed by atoms with E-state index in [1.54, 1.807) is 39.9 Å². The predicted molar refractivity (Wildman–Crippen MR) is 150 cm³/mol. The van der Waals surface area contributed by atoms with Crippen LogP contribution in [0.15, 0.2) is 42.5 Å². The zero-order valence-electron chi connectivity index (χ0n) is 21.9. The van der Waals surface area contributed by atoms with E-state index in [2.05, 4.69) is 6.07 Å². The smallest absolute Gasteiger partial charge is 0.320 e. The number of rotatable bonds is 6. The van der Waals surface area contributed by atoms with Gasteiger partial charge in [0.05, 0.1) is 28.4 Å². The standard InChI is InChI=1S/C27H31Cl2N5O4S/c1-31(26(35)21-7-3-5-19(15-21)6-4-10-30)25-18-33(17-22(25)20-8-9-23(28)24(29)16-20)27(36)32-11-13-34(14-12-32)39(2,37)38/h3,5,7-9,15-16,22,25H,4,6,11-14,17-18H2,1-2H3/t22-,25+/m0/s1. The maximum atomic E-state index is 13.6. The number of carbonyl (C=O) groups excluding carboxylic acids is 2. The van der Waals surface area contributed by atoms with E-state index < -0.39 is 10.0 Å². The first-order valence-corrected chi connectivity index (χ1v) is 15.3. The number of nitriles is 1. The summed E-state index contributed by atoms with van der Waals surface area (Å²) in [6.45, 7) is 1.78. The number of halogens is 2. The first-order valence-electron chi connectivity index (χ1n) is 12.7. The van der Waals surface area contributed by atoms with Gasteiger partial charge in [-0.3, -0.25) is 4.79 Å². The van der Waals surface area contributed by atoms with Crippen LogP contribution in [0.1, 0.15) is 33.8 Å². The molecule has 2 saturated heterocycles. The molecule has 9 nitrogen and oxygen atoms in total. The van der Waals surface area contributed by atoms with Crippen LogP contribution < -0.4 is 0 Å². The third-order valence-corrected chi connectivity index (χ3v) is 9.47. The summed E-state index contributed by atoms with van der Waals surface area (Å²) in [5, 5.41) is 9.74. The molecular weight excluding hydrogens is 561 g/mol. The van der Waals surface area contributed by atoms with Crippen LogP contribution in [-0.2, 0) is 16.4 Å². The van der Waals surface area contributed by atoms with E-state index in [4.69, 9.17) is 28.5 Å². The quantitative estimate of drug-likeness (QED) is 0.509. The number of sulfonamides is 1. The molecule has 4 rings (SSSR count). The number of amides is 3. The Kier molecular flexibility index (Phi) is 9.07. The summed E-state index contributed by atoms with van der Waals surface area (Å²) in [4.78, 5) is 32.2. The monoisotopic (exact) mass is 591 g/mol. The molecule has 3 amide bonds. The molecule has 0 radical (unpaired) electrons. The summed E-state index contributed by atoms with van der Waals surface area (Å²) in [6, 6.07) is 14.2. The van der Waals surface area contributed by atoms with E-state index in [1.165, 1.54) is 10.6 Å². The number of hydrogen-bond acceptors (Lipinski definition) is 5. The van der Waals surface area contributed by atoms with Gasteiger partial charge < -0.3 is 14.7 Å². The van der Waals surface area contributed by atoms with E-state index in [0.29, 0.717) is 54.6 Å². The number of likely N-dealkylation sites (tertiary alicyclic amines) is 1. The second-order valence-corrected chi connectivity index (χ2v) is 12.8. The molecule has 0 N–H and O–H groups in total. The number of piperazine rings is 1. The highest BCUT2D eigenvalue weighted by atomic mass is 35.5. The van der Waals surface area contributed by atoms with Crippen molar-refractivity contribution in [1.82, 2.24) is 19.0 Å². The highest BCUT2D eigenvalue weighted by Crippen LogP contribution is 2.35. The molecule has 0 saturated carbocycles. The zero-order chi connectivity index (χ0) is 28.3. The SMILES string of the molecule is CN(C(=O)c1cccc(CCC#N)c1)[C@@H]1CN(C(=O)N2CCN(S(C)(=O)=O)CC2)C[C@H]1c1ccc(Cl)c(Cl)c1. The summed E-state index contributed by atoms with van der Waals surface area (Å²) in [6.07, 6.45) is 2.10. The zero-order valence-corrected chi connectivity index (χ0v) is 24.2. The van der Waals surface area contributed by atoms with Crippen molar-refractivity contribution in [2.45, 2.75) is 24.8 Å². The van der Waals surface area contributed by atoms with Gasteiger partial charge in [-0.05, 0) is 41.8 Å². The number of urea groups is 1. The molecule has 39 heavy (non-hydrogen) atoms. The van der Waals surface area contributed by atoms with Gasteiger partial charge in [0.25, 0.3) is 5.91 Å². The number of likely N-dealkylation sites (N-methyl/N-ethyl adjacent to an activating group) is 1. The maximum absolute atomic E-state index is 13.6. The summed E-state index contributed by atoms with van der Waals surface area (Å²) in [7, 11) is -1.58. The Balaban J connectivity index is 1.56. The third-order valence-electron chi connectivity index (χ3n) is 7.43. The Morgan fingerprint density at radius 1 is 1.03 bits per heavy atom. The van der Waals surface area contributed by atoms with Gasteiger partial charge in [-0.1, -0.05) is 41.4 Å². The number of benzene rings is 2. The lowest BCUT2D eigenvalue weighted by atomic mass is 9.93. The molecular formula is C27H31Cl2N5O4S. The molecule has 2 aliphatic heterocycles. The van der Waals surface area contributed by atoms with Crippen LogP contribution in [0, 0.1) is 11.3 Å². The number of carbonyl (C=O) groups is 2. The lowest BCUT2D eigenvalue weighted by Gasteiger charge is -2.35. The van der Waals surface area contributed by atoms with Crippen molar-refractivity contribution in [2.24, 2.45) is 0 Å². The van der Waals surface area contributed by atoms with Crippen LogP contribution in [-0.4, -0.2) is 98.0 Å². The van der Waals surface area contributed by atoms with Gasteiger partial charge in [-0.25, -0.2) is 13.2 Å². The van der Waals surface area contributed by atoms with E-state index in [1.807, 2.05) is 24.3 Å². The second kappa shape index (κ2) is 12.1. The van der Waals surface area contributed by atoms with Crippen LogP contribution in [0.2, 0.25) is 10.0 Å². The fourth-order valence-corrected chi connectivity index (χ4v) is 6.36. The molecule has 0 aromatic heterocycles. The highest BCUT2D eigenvalue weighted by Gasteiger charge is 2.42. The van der Waals surface area contributed by atoms with E-state index >= 15 is 0 Å². The highest BCUT2D eigenvalue weighted by molar-refractivity contribution is 7.88. The molecule has 2 aromatic rings. The van der Waals surface area contributed by atoms with E-state index in [-0.39, 0.29) is 37.0 Å². The average molecular weight is 593 g/mol. The topological polar surface area (TPSA) is 105 Å². The molecule has 0 aliphatic carbocycles. The fraction of sp³-hybridized carbons (Fsp3) is 0.444. The van der Waals surface area contributed by atoms with Gasteiger partial charge >= 0.3 is 6.03 Å². The second-order valence-electron chi connectivity index (χ2n) is 9.96. The first-order chi connectivity index (χ1) is 18.5. The van der Waals surface area contributed by atoms with Crippen LogP contribution in [0.25, 0.3) is 0 Å². The lowest BCUT2D eigenvalue weighted by molar-refractivity contribution is 0.0723. The summed E-state index contributed by atoms with van der Waals surface area (Å²) >= 11 is 12.5. The minimum absolute atomic E-state index is 0.181. The van der Waals surface area contributed by atoms with Crippen LogP contribution in [0.3, 0.4) is 0 Å². The molecule has 208 valence electrons. The van der Waals surface area contributed by atoms with E-state index in [9.17, 15) is 18.0 Å². The Morgan fingerprint density at radius 2 is 1.74 bits per heavy atom. The number of nitrogens with zero attached hydrogens (tertiary/aromatic N) is 5. The van der Waals surface area contributed by atoms with Crippen LogP contribution in [0.5, 0.6) is 0 Å². The number of aryl methyl sites for hydroxylation is 1. The Labute approximate surface area is 239 Å². The first kappa shape index (κ1) is 29.2. The fourth-order valence-electron chi connectivity index (χ4n) is 5.23. The van der Waals surface area contributed by atoms with Gasteiger partial charge in [-0.2, -0.15) is 9.57 Å². The van der Waals surface area contributed by atoms with Crippen LogP contribution >= 0.6 is 23.2 Å². The third kappa shape index (κ3) is 6.67. The molecule has 0 spiro atoms. The molecule has 2 fully saturated rings. The van der Waals surface area contributed by atoms with Crippen molar-refractivity contribution in [3.8, 4) is 6.07 Å². The minimum atomic E-state index is -3.31. The van der Waals surface area contributed by atoms with Crippen molar-refractivity contribution in [3.05, 3.63) is 69.2 Å². The summed E-state index contributed by atoms with van der Waals surface area (Å²) < 4.78 is 25.1. The van der Waals surface area contributed by atoms with Crippen molar-refractivity contribution in [2.75, 3.05) is 52.6 Å². The maximum Gasteiger partial charge on any atom is 0.320 e. The molecule has 0 unspecified atom stereocenters. The average Bonchev–Trinajstić information content (AvgIpc) is 3.37. The van der Waals surface area contributed by atoms with Gasteiger partial charge in [0, 0.05) is 64.2 Å². The molecule has 2 atom stereocenters. The largest absolute Gasteiger partial charge is 0.336 e. The predicted octanol–water partition coefficient (Wildman–Crippen LogP) is 3.69. The molecule has 0 bridgehead atoms. The molecule has 2 heterocycles. The molecule has 2 aromatic carbocycles. The normalized spacial score (nSPS) is 20.1. The van der Waals surface area contributed by atoms with Crippen molar-refractivity contribution >= 4 is 45.2 Å². The summed E-state index contributed by atoms with van der Waals surface area (Å²) in [5.41, 5.74) is 2.30. The van der Waals surface area contributed by atoms with E-state index in [0.717, 1.165) is 11.1 Å². The van der Waals surface area contributed by atoms with Crippen molar-refractivity contribution in [1.29, 1.82) is 5.26 Å². The molecule has 12 heteroatoms. The number of hydrogen-bond donors (Lipinski definition) is 0. The van der Waals surface area contributed by atoms with Crippen molar-refractivity contribution < 1.29 is 18.0 Å². The van der Waals surface area contributed by atoms with Gasteiger partial charge in [-0.15, -0.1) is 0 Å². The van der Waals surface area contributed by atoms with Gasteiger partial charge in [0.2, 0.25) is 10.0 Å². The van der Waals surface area contributed by atoms with Gasteiger partial charge in [0.1, 0.15) is 0 Å². The van der Waals surface area contributed by atoms with Crippen molar-refractivity contribution in [3.63, 3.8) is 0 Å². The van der Waals surface area contributed by atoms with Gasteiger partial charge in [0.15, 0.2) is 0 Å². The summed E-state index contributed by atoms with van der Waals surface area (Å²) in [5.74, 6) is -0.392.